The Morgan fingerprint density at radius 1 is 1.05 bits per heavy atom. The van der Waals surface area contributed by atoms with Crippen LogP contribution in [0.3, 0.4) is 0 Å². The summed E-state index contributed by atoms with van der Waals surface area (Å²) in [5.41, 5.74) is 10.7. The Bertz CT molecular complexity index is 1280. The number of carbonyl (C=O) groups excluding carboxylic acids is 1. The van der Waals surface area contributed by atoms with Crippen LogP contribution in [0.15, 0.2) is 72.8 Å². The molecule has 5 unspecified atom stereocenters. The van der Waals surface area contributed by atoms with Crippen molar-refractivity contribution in [3.63, 3.8) is 0 Å². The van der Waals surface area contributed by atoms with E-state index in [0.717, 1.165) is 22.4 Å². The highest BCUT2D eigenvalue weighted by molar-refractivity contribution is 5.79. The van der Waals surface area contributed by atoms with Crippen molar-refractivity contribution in [2.75, 3.05) is 6.61 Å². The number of piperidine rings is 1. The fraction of sp³-hybridized carbons (Fsp3) is 0.345. The van der Waals surface area contributed by atoms with Gasteiger partial charge in [0.2, 0.25) is 5.91 Å². The van der Waals surface area contributed by atoms with Gasteiger partial charge in [-0.15, -0.1) is 0 Å². The first-order chi connectivity index (χ1) is 18.4. The van der Waals surface area contributed by atoms with E-state index in [2.05, 4.69) is 21.5 Å². The molecule has 0 aromatic heterocycles. The first kappa shape index (κ1) is 25.8. The number of benzene rings is 3. The number of amides is 1. The second kappa shape index (κ2) is 11.3. The summed E-state index contributed by atoms with van der Waals surface area (Å²) in [5, 5.41) is 18.2. The van der Waals surface area contributed by atoms with E-state index in [9.17, 15) is 14.9 Å². The van der Waals surface area contributed by atoms with Crippen LogP contribution in [0.25, 0.3) is 0 Å². The number of carbonyl (C=O) groups is 1. The monoisotopic (exact) mass is 515 g/mol. The van der Waals surface area contributed by atoms with Gasteiger partial charge >= 0.3 is 0 Å². The van der Waals surface area contributed by atoms with Crippen LogP contribution in [0.1, 0.15) is 47.7 Å². The molecule has 198 valence electrons. The maximum absolute atomic E-state index is 13.7. The number of nitrogens with one attached hydrogen (secondary N) is 4. The molecule has 9 nitrogen and oxygen atoms in total. The molecule has 3 aromatic rings. The summed E-state index contributed by atoms with van der Waals surface area (Å²) >= 11 is 0. The SMILES string of the molecule is CCOc1ccc(C2CC(C(=O)NCc3ccc(C)cc3)C3C(NNC3c3cccc([N+](=O)[O-])c3)N2)cc1. The highest BCUT2D eigenvalue weighted by atomic mass is 16.6. The summed E-state index contributed by atoms with van der Waals surface area (Å²) in [6.45, 7) is 5.03. The molecule has 3 aromatic carbocycles. The molecule has 0 radical (unpaired) electrons. The number of nitrogens with zero attached hydrogens (tertiary/aromatic N) is 1. The molecule has 2 saturated heterocycles. The summed E-state index contributed by atoms with van der Waals surface area (Å²) < 4.78 is 5.59. The Labute approximate surface area is 222 Å². The second-order valence-corrected chi connectivity index (χ2v) is 9.94. The molecule has 1 amide bonds. The molecule has 0 aliphatic carbocycles. The number of hydrogen-bond donors (Lipinski definition) is 4. The van der Waals surface area contributed by atoms with Gasteiger partial charge in [0.1, 0.15) is 5.75 Å². The average Bonchev–Trinajstić information content (AvgIpc) is 3.37. The molecular formula is C29H33N5O4. The minimum Gasteiger partial charge on any atom is -0.494 e. The van der Waals surface area contributed by atoms with Crippen LogP contribution in [-0.2, 0) is 11.3 Å². The van der Waals surface area contributed by atoms with Crippen molar-refractivity contribution in [3.05, 3.63) is 105 Å². The maximum Gasteiger partial charge on any atom is 0.269 e. The van der Waals surface area contributed by atoms with Crippen molar-refractivity contribution < 1.29 is 14.5 Å². The summed E-state index contributed by atoms with van der Waals surface area (Å²) in [6, 6.07) is 22.4. The normalized spacial score (nSPS) is 24.4. The van der Waals surface area contributed by atoms with E-state index in [-0.39, 0.29) is 41.7 Å². The molecule has 4 N–H and O–H groups in total. The molecule has 2 aliphatic heterocycles. The van der Waals surface area contributed by atoms with Gasteiger partial charge in [0.15, 0.2) is 0 Å². The van der Waals surface area contributed by atoms with E-state index >= 15 is 0 Å². The van der Waals surface area contributed by atoms with Gasteiger partial charge in [0.05, 0.1) is 23.7 Å². The number of nitro groups is 1. The van der Waals surface area contributed by atoms with Gasteiger partial charge in [0.25, 0.3) is 5.69 Å². The highest BCUT2D eigenvalue weighted by Crippen LogP contribution is 2.43. The standard InChI is InChI=1S/C29H33N5O4/c1-3-38-23-13-11-20(12-14-23)25-16-24(29(35)30-17-19-9-7-18(2)8-10-19)26-27(32-33-28(26)31-25)21-5-4-6-22(15-21)34(36)37/h4-15,24-28,31-33H,3,16-17H2,1-2H3,(H,30,35). The molecule has 0 bridgehead atoms. The third-order valence-corrected chi connectivity index (χ3v) is 7.46. The fourth-order valence-corrected chi connectivity index (χ4v) is 5.52. The Balaban J connectivity index is 1.41. The summed E-state index contributed by atoms with van der Waals surface area (Å²) in [7, 11) is 0. The topological polar surface area (TPSA) is 118 Å². The van der Waals surface area contributed by atoms with Gasteiger partial charge in [-0.2, -0.15) is 0 Å². The summed E-state index contributed by atoms with van der Waals surface area (Å²) in [6.07, 6.45) is 0.378. The smallest absolute Gasteiger partial charge is 0.269 e. The lowest BCUT2D eigenvalue weighted by atomic mass is 9.74. The Hall–Kier alpha value is -3.79. The first-order valence-corrected chi connectivity index (χ1v) is 13.0. The first-order valence-electron chi connectivity index (χ1n) is 13.0. The van der Waals surface area contributed by atoms with Crippen molar-refractivity contribution in [2.24, 2.45) is 11.8 Å². The van der Waals surface area contributed by atoms with Crippen molar-refractivity contribution in [2.45, 2.75) is 45.1 Å². The molecule has 2 aliphatic rings. The molecule has 0 spiro atoms. The quantitative estimate of drug-likeness (QED) is 0.264. The van der Waals surface area contributed by atoms with E-state index in [4.69, 9.17) is 4.74 Å². The molecule has 9 heteroatoms. The van der Waals surface area contributed by atoms with Gasteiger partial charge < -0.3 is 10.1 Å². The lowest BCUT2D eigenvalue weighted by Gasteiger charge is -2.40. The number of aryl methyl sites for hydroxylation is 1. The zero-order valence-electron chi connectivity index (χ0n) is 21.5. The zero-order chi connectivity index (χ0) is 26.6. The van der Waals surface area contributed by atoms with Crippen LogP contribution < -0.4 is 26.2 Å². The third kappa shape index (κ3) is 5.55. The number of hydrazine groups is 1. The van der Waals surface area contributed by atoms with Crippen LogP contribution in [0.5, 0.6) is 5.75 Å². The van der Waals surface area contributed by atoms with Crippen LogP contribution in [0.2, 0.25) is 0 Å². The molecule has 5 rings (SSSR count). The Morgan fingerprint density at radius 3 is 2.53 bits per heavy atom. The van der Waals surface area contributed by atoms with Gasteiger partial charge in [-0.1, -0.05) is 54.1 Å². The van der Waals surface area contributed by atoms with E-state index in [1.807, 2.05) is 68.4 Å². The van der Waals surface area contributed by atoms with E-state index < -0.39 is 4.92 Å². The second-order valence-electron chi connectivity index (χ2n) is 9.94. The number of fused-ring (bicyclic) bond motifs is 1. The van der Waals surface area contributed by atoms with Crippen molar-refractivity contribution in [1.29, 1.82) is 0 Å². The van der Waals surface area contributed by atoms with Crippen LogP contribution in [0, 0.1) is 28.9 Å². The predicted molar refractivity (Wildman–Crippen MR) is 144 cm³/mol. The molecule has 0 saturated carbocycles. The van der Waals surface area contributed by atoms with Crippen molar-refractivity contribution >= 4 is 11.6 Å². The lowest BCUT2D eigenvalue weighted by Crippen LogP contribution is -2.54. The maximum atomic E-state index is 13.7. The number of hydrogen-bond acceptors (Lipinski definition) is 7. The molecular weight excluding hydrogens is 482 g/mol. The van der Waals surface area contributed by atoms with E-state index in [0.29, 0.717) is 19.6 Å². The number of ether oxygens (including phenoxy) is 1. The molecule has 2 fully saturated rings. The number of non-ortho nitro benzene ring substituents is 1. The zero-order valence-corrected chi connectivity index (χ0v) is 21.5. The van der Waals surface area contributed by atoms with E-state index in [1.165, 1.54) is 11.6 Å². The molecule has 2 heterocycles. The van der Waals surface area contributed by atoms with Gasteiger partial charge in [-0.3, -0.25) is 20.2 Å². The van der Waals surface area contributed by atoms with Gasteiger partial charge in [0, 0.05) is 36.6 Å². The van der Waals surface area contributed by atoms with Crippen LogP contribution >= 0.6 is 0 Å². The van der Waals surface area contributed by atoms with Gasteiger partial charge in [-0.05, 0) is 49.1 Å². The lowest BCUT2D eigenvalue weighted by molar-refractivity contribution is -0.384. The molecule has 38 heavy (non-hydrogen) atoms. The summed E-state index contributed by atoms with van der Waals surface area (Å²) in [5.74, 6) is 0.284. The van der Waals surface area contributed by atoms with Crippen molar-refractivity contribution in [1.82, 2.24) is 21.5 Å². The van der Waals surface area contributed by atoms with Crippen LogP contribution in [-0.4, -0.2) is 23.6 Å². The van der Waals surface area contributed by atoms with E-state index in [1.54, 1.807) is 12.1 Å². The highest BCUT2D eigenvalue weighted by Gasteiger charge is 2.49. The fourth-order valence-electron chi connectivity index (χ4n) is 5.52. The van der Waals surface area contributed by atoms with Crippen molar-refractivity contribution in [3.8, 4) is 5.75 Å². The molecule has 5 atom stereocenters. The number of rotatable bonds is 8. The largest absolute Gasteiger partial charge is 0.494 e. The predicted octanol–water partition coefficient (Wildman–Crippen LogP) is 4.06. The summed E-state index contributed by atoms with van der Waals surface area (Å²) in [4.78, 5) is 24.7. The van der Waals surface area contributed by atoms with Gasteiger partial charge in [-0.25, -0.2) is 10.9 Å². The Kier molecular flexibility index (Phi) is 7.69. The minimum atomic E-state index is -0.393. The average molecular weight is 516 g/mol. The minimum absolute atomic E-state index is 0.0288. The third-order valence-electron chi connectivity index (χ3n) is 7.46. The van der Waals surface area contributed by atoms with Crippen LogP contribution in [0.4, 0.5) is 5.69 Å². The number of nitro benzene ring substituents is 1. The Morgan fingerprint density at radius 2 is 1.82 bits per heavy atom.